The van der Waals surface area contributed by atoms with Crippen molar-refractivity contribution >= 4 is 22.3 Å². The number of ketones is 1. The van der Waals surface area contributed by atoms with Gasteiger partial charge < -0.3 is 14.7 Å². The quantitative estimate of drug-likeness (QED) is 0.438. The molecular weight excluding hydrogens is 290 g/mol. The summed E-state index contributed by atoms with van der Waals surface area (Å²) in [6.45, 7) is 1.76. The van der Waals surface area contributed by atoms with E-state index in [0.717, 1.165) is 16.6 Å². The van der Waals surface area contributed by atoms with Crippen molar-refractivity contribution in [2.75, 3.05) is 7.11 Å². The number of rotatable bonds is 4. The van der Waals surface area contributed by atoms with Gasteiger partial charge in [-0.15, -0.1) is 0 Å². The first-order chi connectivity index (χ1) is 11.2. The Kier molecular flexibility index (Phi) is 3.73. The molecule has 0 amide bonds. The number of nitrogens with zero attached hydrogens (tertiary/aromatic N) is 1. The highest BCUT2D eigenvalue weighted by atomic mass is 16.5. The lowest BCUT2D eigenvalue weighted by molar-refractivity contribution is 0.104. The Hall–Kier alpha value is -3.26. The van der Waals surface area contributed by atoms with Crippen LogP contribution in [-0.2, 0) is 0 Å². The maximum Gasteiger partial charge on any atom is 0.206 e. The molecule has 2 aromatic heterocycles. The van der Waals surface area contributed by atoms with Crippen LogP contribution in [0.2, 0.25) is 0 Å². The second-order valence-corrected chi connectivity index (χ2v) is 5.14. The molecule has 0 unspecified atom stereocenters. The predicted octanol–water partition coefficient (Wildman–Crippen LogP) is 3.68. The third-order valence-corrected chi connectivity index (χ3v) is 3.85. The van der Waals surface area contributed by atoms with Gasteiger partial charge in [-0.25, -0.2) is 0 Å². The van der Waals surface area contributed by atoms with Crippen molar-refractivity contribution in [3.8, 4) is 11.8 Å². The van der Waals surface area contributed by atoms with E-state index in [1.807, 2.05) is 30.3 Å². The van der Waals surface area contributed by atoms with E-state index in [4.69, 9.17) is 4.74 Å². The number of nitrogens with one attached hydrogen (secondary N) is 2. The molecule has 0 aliphatic rings. The average Bonchev–Trinajstić information content (AvgIpc) is 3.24. The minimum atomic E-state index is -0.306. The second kappa shape index (κ2) is 5.85. The number of benzene rings is 1. The normalized spacial score (nSPS) is 11.9. The Balaban J connectivity index is 2.13. The van der Waals surface area contributed by atoms with Crippen molar-refractivity contribution in [3.05, 3.63) is 59.6 Å². The molecule has 3 rings (SSSR count). The molecule has 0 radical (unpaired) electrons. The molecule has 0 saturated carbocycles. The van der Waals surface area contributed by atoms with Crippen LogP contribution in [0, 0.1) is 11.3 Å². The average molecular weight is 305 g/mol. The highest BCUT2D eigenvalue weighted by molar-refractivity contribution is 6.21. The zero-order valence-corrected chi connectivity index (χ0v) is 12.8. The topological polar surface area (TPSA) is 81.7 Å². The van der Waals surface area contributed by atoms with Gasteiger partial charge in [-0.05, 0) is 42.8 Å². The molecule has 5 heteroatoms. The minimum absolute atomic E-state index is 0.121. The number of carbonyl (C=O) groups is 1. The third kappa shape index (κ3) is 2.51. The van der Waals surface area contributed by atoms with E-state index in [9.17, 15) is 10.1 Å². The molecule has 3 aromatic rings. The first-order valence-electron chi connectivity index (χ1n) is 7.10. The standard InChI is InChI=1S/C18H15N3O2/c1-11(16-4-3-7-20-16)14(9-19)18(22)15-10-21-17-6-5-12(23-2)8-13(15)17/h3-8,10,20-21H,1-2H3/b14-11+. The fourth-order valence-electron chi connectivity index (χ4n) is 2.55. The first kappa shape index (κ1) is 14.7. The number of allylic oxidation sites excluding steroid dienone is 2. The highest BCUT2D eigenvalue weighted by Crippen LogP contribution is 2.27. The highest BCUT2D eigenvalue weighted by Gasteiger charge is 2.20. The van der Waals surface area contributed by atoms with Crippen LogP contribution < -0.4 is 4.74 Å². The summed E-state index contributed by atoms with van der Waals surface area (Å²) in [6, 6.07) is 11.1. The summed E-state index contributed by atoms with van der Waals surface area (Å²) in [5, 5.41) is 10.2. The van der Waals surface area contributed by atoms with E-state index in [-0.39, 0.29) is 11.4 Å². The Labute approximate surface area is 133 Å². The molecular formula is C18H15N3O2. The summed E-state index contributed by atoms with van der Waals surface area (Å²) in [6.07, 6.45) is 3.39. The molecule has 0 aliphatic heterocycles. The number of fused-ring (bicyclic) bond motifs is 1. The van der Waals surface area contributed by atoms with Crippen molar-refractivity contribution in [1.29, 1.82) is 5.26 Å². The van der Waals surface area contributed by atoms with Gasteiger partial charge in [-0.3, -0.25) is 4.79 Å². The van der Waals surface area contributed by atoms with E-state index in [1.54, 1.807) is 32.5 Å². The molecule has 0 fully saturated rings. The van der Waals surface area contributed by atoms with Crippen LogP contribution in [0.5, 0.6) is 5.75 Å². The van der Waals surface area contributed by atoms with Crippen LogP contribution in [0.25, 0.3) is 16.5 Å². The Morgan fingerprint density at radius 2 is 2.09 bits per heavy atom. The lowest BCUT2D eigenvalue weighted by atomic mass is 9.98. The van der Waals surface area contributed by atoms with Crippen molar-refractivity contribution in [1.82, 2.24) is 9.97 Å². The van der Waals surface area contributed by atoms with Crippen molar-refractivity contribution < 1.29 is 9.53 Å². The van der Waals surface area contributed by atoms with Crippen LogP contribution in [0.3, 0.4) is 0 Å². The zero-order valence-electron chi connectivity index (χ0n) is 12.8. The minimum Gasteiger partial charge on any atom is -0.497 e. The van der Waals surface area contributed by atoms with E-state index >= 15 is 0 Å². The number of ether oxygens (including phenoxy) is 1. The Bertz CT molecular complexity index is 940. The van der Waals surface area contributed by atoms with Crippen LogP contribution in [0.4, 0.5) is 0 Å². The molecule has 0 saturated heterocycles. The number of hydrogen-bond acceptors (Lipinski definition) is 3. The number of nitriles is 1. The molecule has 0 aliphatic carbocycles. The van der Waals surface area contributed by atoms with Gasteiger partial charge in [0.2, 0.25) is 5.78 Å². The van der Waals surface area contributed by atoms with Crippen LogP contribution in [-0.4, -0.2) is 22.9 Å². The molecule has 0 atom stereocenters. The lowest BCUT2D eigenvalue weighted by Crippen LogP contribution is -2.04. The Morgan fingerprint density at radius 1 is 1.26 bits per heavy atom. The smallest absolute Gasteiger partial charge is 0.206 e. The summed E-state index contributed by atoms with van der Waals surface area (Å²) in [5.74, 6) is 0.355. The zero-order chi connectivity index (χ0) is 16.4. The van der Waals surface area contributed by atoms with Gasteiger partial charge in [0, 0.05) is 34.6 Å². The monoisotopic (exact) mass is 305 g/mol. The summed E-state index contributed by atoms with van der Waals surface area (Å²) in [4.78, 5) is 18.9. The number of aromatic amines is 2. The molecule has 5 nitrogen and oxygen atoms in total. The third-order valence-electron chi connectivity index (χ3n) is 3.85. The summed E-state index contributed by atoms with van der Waals surface area (Å²) < 4.78 is 5.21. The van der Waals surface area contributed by atoms with E-state index in [1.165, 1.54) is 0 Å². The summed E-state index contributed by atoms with van der Waals surface area (Å²) >= 11 is 0. The second-order valence-electron chi connectivity index (χ2n) is 5.14. The number of H-pyrrole nitrogens is 2. The van der Waals surface area contributed by atoms with E-state index < -0.39 is 0 Å². The molecule has 2 N–H and O–H groups in total. The van der Waals surface area contributed by atoms with Gasteiger partial charge in [0.25, 0.3) is 0 Å². The number of Topliss-reactive ketones (excluding diaryl/α,β-unsaturated/α-hetero) is 1. The van der Waals surface area contributed by atoms with Gasteiger partial charge >= 0.3 is 0 Å². The predicted molar refractivity (Wildman–Crippen MR) is 88.2 cm³/mol. The maximum absolute atomic E-state index is 12.8. The van der Waals surface area contributed by atoms with Gasteiger partial charge in [-0.1, -0.05) is 0 Å². The number of carbonyl (C=O) groups excluding carboxylic acids is 1. The number of methoxy groups -OCH3 is 1. The van der Waals surface area contributed by atoms with Crippen molar-refractivity contribution in [2.45, 2.75) is 6.92 Å². The SMILES string of the molecule is COc1ccc2[nH]cc(C(=O)/C(C#N)=C(\C)c3ccc[nH]3)c2c1. The van der Waals surface area contributed by atoms with Crippen LogP contribution in [0.15, 0.2) is 48.3 Å². The molecule has 1 aromatic carbocycles. The molecule has 0 spiro atoms. The van der Waals surface area contributed by atoms with Gasteiger partial charge in [-0.2, -0.15) is 5.26 Å². The van der Waals surface area contributed by atoms with Crippen molar-refractivity contribution in [2.24, 2.45) is 0 Å². The Morgan fingerprint density at radius 3 is 2.74 bits per heavy atom. The lowest BCUT2D eigenvalue weighted by Gasteiger charge is -2.04. The molecule has 114 valence electrons. The van der Waals surface area contributed by atoms with Gasteiger partial charge in [0.15, 0.2) is 0 Å². The van der Waals surface area contributed by atoms with Crippen molar-refractivity contribution in [3.63, 3.8) is 0 Å². The molecule has 23 heavy (non-hydrogen) atoms. The molecule has 2 heterocycles. The fraction of sp³-hybridized carbons (Fsp3) is 0.111. The largest absolute Gasteiger partial charge is 0.497 e. The van der Waals surface area contributed by atoms with Crippen LogP contribution in [0.1, 0.15) is 23.0 Å². The number of aromatic nitrogens is 2. The summed E-state index contributed by atoms with van der Waals surface area (Å²) in [5.41, 5.74) is 2.79. The van der Waals surface area contributed by atoms with Gasteiger partial charge in [0.05, 0.1) is 7.11 Å². The first-order valence-corrected chi connectivity index (χ1v) is 7.10. The van der Waals surface area contributed by atoms with E-state index in [2.05, 4.69) is 9.97 Å². The molecule has 0 bridgehead atoms. The maximum atomic E-state index is 12.8. The fourth-order valence-corrected chi connectivity index (χ4v) is 2.55. The van der Waals surface area contributed by atoms with Crippen LogP contribution >= 0.6 is 0 Å². The number of hydrogen-bond donors (Lipinski definition) is 2. The van der Waals surface area contributed by atoms with Gasteiger partial charge in [0.1, 0.15) is 17.4 Å². The van der Waals surface area contributed by atoms with E-state index in [0.29, 0.717) is 16.9 Å². The summed E-state index contributed by atoms with van der Waals surface area (Å²) in [7, 11) is 1.57.